The number of alkyl carbamates (subject to hydrolysis) is 2. The van der Waals surface area contributed by atoms with Crippen LogP contribution in [0.2, 0.25) is 0 Å². The molecule has 0 bridgehead atoms. The second-order valence-electron chi connectivity index (χ2n) is 15.2. The van der Waals surface area contributed by atoms with E-state index in [0.29, 0.717) is 18.9 Å². The first kappa shape index (κ1) is 42.9. The molecular formula is C42H55N9O7. The Morgan fingerprint density at radius 3 is 1.91 bits per heavy atom. The number of nitrogens with zero attached hydrogens (tertiary/aromatic N) is 4. The molecule has 3 heterocycles. The number of carbonyl (C=O) groups excluding carboxylic acids is 5. The number of imidazole rings is 1. The van der Waals surface area contributed by atoms with Gasteiger partial charge < -0.3 is 45.1 Å². The Labute approximate surface area is 339 Å². The zero-order valence-electron chi connectivity index (χ0n) is 34.2. The number of aromatic nitrogens is 2. The molecule has 3 aromatic rings. The molecule has 5 amide bonds. The molecule has 5 rings (SSSR count). The van der Waals surface area contributed by atoms with Crippen LogP contribution in [-0.4, -0.2) is 119 Å². The van der Waals surface area contributed by atoms with Crippen LogP contribution in [0.4, 0.5) is 9.59 Å². The summed E-state index contributed by atoms with van der Waals surface area (Å²) in [4.78, 5) is 76.3. The van der Waals surface area contributed by atoms with Crippen LogP contribution in [0.25, 0.3) is 28.5 Å². The Kier molecular flexibility index (Phi) is 14.3. The third-order valence-electron chi connectivity index (χ3n) is 10.6. The molecule has 310 valence electrons. The molecule has 4 atom stereocenters. The third-order valence-corrected chi connectivity index (χ3v) is 10.6. The molecule has 0 radical (unpaired) electrons. The van der Waals surface area contributed by atoms with Gasteiger partial charge in [-0.1, -0.05) is 76.2 Å². The summed E-state index contributed by atoms with van der Waals surface area (Å²) in [5.41, 5.74) is 4.69. The van der Waals surface area contributed by atoms with Crippen molar-refractivity contribution in [2.24, 2.45) is 11.8 Å². The van der Waals surface area contributed by atoms with E-state index in [-0.39, 0.29) is 54.5 Å². The predicted molar refractivity (Wildman–Crippen MR) is 219 cm³/mol. The number of nitrogens with one attached hydrogen (secondary N) is 5. The van der Waals surface area contributed by atoms with E-state index in [1.807, 2.05) is 82.3 Å². The first-order valence-corrected chi connectivity index (χ1v) is 19.5. The molecule has 2 saturated heterocycles. The Balaban J connectivity index is 1.21. The minimum Gasteiger partial charge on any atom is -0.453 e. The molecule has 2 aromatic carbocycles. The lowest BCUT2D eigenvalue weighted by molar-refractivity contribution is -0.142. The maximum Gasteiger partial charge on any atom is 0.407 e. The number of benzene rings is 2. The van der Waals surface area contributed by atoms with Crippen LogP contribution in [0.5, 0.6) is 0 Å². The van der Waals surface area contributed by atoms with Crippen LogP contribution >= 0.6 is 0 Å². The summed E-state index contributed by atoms with van der Waals surface area (Å²) in [6.45, 7) is 10.1. The maximum absolute atomic E-state index is 13.6. The van der Waals surface area contributed by atoms with E-state index in [4.69, 9.17) is 14.9 Å². The number of aromatic amines is 1. The van der Waals surface area contributed by atoms with E-state index >= 15 is 0 Å². The normalized spacial score (nSPS) is 17.9. The number of hydrogen-bond donors (Lipinski definition) is 5. The van der Waals surface area contributed by atoms with Crippen molar-refractivity contribution in [2.75, 3.05) is 40.4 Å². The van der Waals surface area contributed by atoms with Gasteiger partial charge in [0.25, 0.3) is 0 Å². The molecule has 0 unspecified atom stereocenters. The van der Waals surface area contributed by atoms with E-state index in [0.717, 1.165) is 40.8 Å². The van der Waals surface area contributed by atoms with Crippen molar-refractivity contribution in [1.29, 1.82) is 5.41 Å². The van der Waals surface area contributed by atoms with Gasteiger partial charge in [0.2, 0.25) is 17.7 Å². The van der Waals surface area contributed by atoms with Crippen molar-refractivity contribution in [3.63, 3.8) is 0 Å². The first-order valence-electron chi connectivity index (χ1n) is 19.5. The van der Waals surface area contributed by atoms with Crippen LogP contribution in [0.1, 0.15) is 64.9 Å². The fraction of sp³-hybridized carbons (Fsp3) is 0.452. The van der Waals surface area contributed by atoms with E-state index in [1.54, 1.807) is 22.2 Å². The highest BCUT2D eigenvalue weighted by atomic mass is 16.5. The molecule has 16 heteroatoms. The molecule has 58 heavy (non-hydrogen) atoms. The smallest absolute Gasteiger partial charge is 0.407 e. The molecule has 2 aliphatic rings. The van der Waals surface area contributed by atoms with E-state index in [9.17, 15) is 24.0 Å². The third kappa shape index (κ3) is 10.2. The highest BCUT2D eigenvalue weighted by molar-refractivity contribution is 5.94. The lowest BCUT2D eigenvalue weighted by Crippen LogP contribution is -2.64. The molecule has 2 aliphatic heterocycles. The van der Waals surface area contributed by atoms with Crippen molar-refractivity contribution in [3.05, 3.63) is 72.3 Å². The Bertz CT molecular complexity index is 1980. The zero-order valence-corrected chi connectivity index (χ0v) is 34.2. The number of amides is 5. The maximum atomic E-state index is 13.6. The average Bonchev–Trinajstić information content (AvgIpc) is 3.92. The minimum absolute atomic E-state index is 0.0407. The fourth-order valence-corrected chi connectivity index (χ4v) is 7.26. The number of methoxy groups -OCH3 is 2. The number of carbonyl (C=O) groups is 5. The van der Waals surface area contributed by atoms with Gasteiger partial charge in [-0.05, 0) is 53.0 Å². The van der Waals surface area contributed by atoms with Gasteiger partial charge in [0.05, 0.1) is 32.2 Å². The van der Waals surface area contributed by atoms with Gasteiger partial charge in [-0.15, -0.1) is 0 Å². The summed E-state index contributed by atoms with van der Waals surface area (Å²) in [5, 5.41) is 17.1. The quantitative estimate of drug-likeness (QED) is 0.127. The van der Waals surface area contributed by atoms with Crippen LogP contribution in [-0.2, 0) is 23.9 Å². The fourth-order valence-electron chi connectivity index (χ4n) is 7.26. The Morgan fingerprint density at radius 2 is 1.36 bits per heavy atom. The van der Waals surface area contributed by atoms with Gasteiger partial charge in [0, 0.05) is 39.3 Å². The monoisotopic (exact) mass is 797 g/mol. The van der Waals surface area contributed by atoms with E-state index in [1.165, 1.54) is 26.0 Å². The summed E-state index contributed by atoms with van der Waals surface area (Å²) < 4.78 is 9.47. The van der Waals surface area contributed by atoms with E-state index in [2.05, 4.69) is 25.9 Å². The average molecular weight is 798 g/mol. The van der Waals surface area contributed by atoms with Gasteiger partial charge in [-0.3, -0.25) is 19.8 Å². The number of piperazine rings is 1. The molecule has 0 aliphatic carbocycles. The Morgan fingerprint density at radius 1 is 0.810 bits per heavy atom. The summed E-state index contributed by atoms with van der Waals surface area (Å²) in [6.07, 6.45) is 5.48. The second-order valence-corrected chi connectivity index (χ2v) is 15.2. The minimum atomic E-state index is -0.857. The molecule has 5 N–H and O–H groups in total. The summed E-state index contributed by atoms with van der Waals surface area (Å²) >= 11 is 0. The number of likely N-dealkylation sites (tertiary alicyclic amines) is 1. The van der Waals surface area contributed by atoms with Crippen LogP contribution in [0.3, 0.4) is 0 Å². The number of ether oxygens (including phenoxy) is 2. The van der Waals surface area contributed by atoms with Crippen molar-refractivity contribution in [3.8, 4) is 22.4 Å². The SMILES string of the molecule is COC(=O)N[C@H](C(=O)N1CCN(C(C)=O)C[C@H]1C(=N)N/C=C/c1ccc(-c2ccc(-c3cnc([C@@H]4CCCN4C(=O)[C@@H](NC(=O)OC)C(C)C)[nH]3)cc2)cc1)C(C)C. The van der Waals surface area contributed by atoms with Crippen molar-refractivity contribution < 1.29 is 33.4 Å². The standard InChI is InChI=1S/C42H55N9O7/c1-25(2)35(47-41(55)57-6)39(53)50-20-8-9-33(50)38-45-23-32(46-38)31-16-14-30(15-17-31)29-12-10-28(11-13-29)18-19-44-37(43)34-24-49(27(5)52)21-22-51(34)40(54)36(26(3)4)48-42(56)58-7/h10-19,23,25-26,33-36H,8-9,20-22,24H2,1-7H3,(H2,43,44)(H,45,46)(H,47,55)(H,48,56)/b19-18+/t33-,34-,35-,36-/m0/s1. The lowest BCUT2D eigenvalue weighted by atomic mass is 10.0. The van der Waals surface area contributed by atoms with E-state index < -0.39 is 30.3 Å². The van der Waals surface area contributed by atoms with Gasteiger partial charge in [0.1, 0.15) is 29.8 Å². The van der Waals surface area contributed by atoms with Gasteiger partial charge >= 0.3 is 12.2 Å². The Hall–Kier alpha value is -6.19. The second kappa shape index (κ2) is 19.3. The molecule has 2 fully saturated rings. The van der Waals surface area contributed by atoms with Crippen LogP contribution in [0.15, 0.2) is 60.9 Å². The first-order chi connectivity index (χ1) is 27.7. The van der Waals surface area contributed by atoms with Gasteiger partial charge in [-0.2, -0.15) is 0 Å². The van der Waals surface area contributed by atoms with Crippen molar-refractivity contribution in [1.82, 2.24) is 40.6 Å². The van der Waals surface area contributed by atoms with Gasteiger partial charge in [0.15, 0.2) is 0 Å². The zero-order chi connectivity index (χ0) is 42.1. The molecule has 1 aromatic heterocycles. The summed E-state index contributed by atoms with van der Waals surface area (Å²) in [7, 11) is 2.51. The molecule has 0 spiro atoms. The highest BCUT2D eigenvalue weighted by Gasteiger charge is 2.39. The van der Waals surface area contributed by atoms with Crippen LogP contribution in [0, 0.1) is 17.2 Å². The molecular weight excluding hydrogens is 743 g/mol. The number of rotatable bonds is 12. The molecule has 0 saturated carbocycles. The number of amidine groups is 1. The van der Waals surface area contributed by atoms with Gasteiger partial charge in [-0.25, -0.2) is 14.6 Å². The lowest BCUT2D eigenvalue weighted by Gasteiger charge is -2.42. The van der Waals surface area contributed by atoms with Crippen LogP contribution < -0.4 is 16.0 Å². The predicted octanol–water partition coefficient (Wildman–Crippen LogP) is 4.77. The summed E-state index contributed by atoms with van der Waals surface area (Å²) in [5.74, 6) is -0.259. The number of hydrogen-bond acceptors (Lipinski definition) is 9. The largest absolute Gasteiger partial charge is 0.453 e. The van der Waals surface area contributed by atoms with Crippen molar-refractivity contribution >= 4 is 41.8 Å². The topological polar surface area (TPSA) is 202 Å². The van der Waals surface area contributed by atoms with Crippen molar-refractivity contribution in [2.45, 2.75) is 71.6 Å². The molecule has 16 nitrogen and oxygen atoms in total. The summed E-state index contributed by atoms with van der Waals surface area (Å²) in [6, 6.07) is 13.5. The number of H-pyrrole nitrogens is 1. The highest BCUT2D eigenvalue weighted by Crippen LogP contribution is 2.33.